The quantitative estimate of drug-likeness (QED) is 0.439. The number of anilines is 2. The minimum atomic E-state index is -0.265. The number of ether oxygens (including phenoxy) is 1. The average molecular weight is 418 g/mol. The van der Waals surface area contributed by atoms with Gasteiger partial charge in [-0.15, -0.1) is 0 Å². The highest BCUT2D eigenvalue weighted by atomic mass is 16.5. The first kappa shape index (κ1) is 21.8. The van der Waals surface area contributed by atoms with Crippen molar-refractivity contribution in [3.63, 3.8) is 0 Å². The number of nitrogens with one attached hydrogen (secondary N) is 3. The van der Waals surface area contributed by atoms with E-state index in [4.69, 9.17) is 4.74 Å². The van der Waals surface area contributed by atoms with Gasteiger partial charge in [0.2, 0.25) is 5.91 Å². The van der Waals surface area contributed by atoms with Gasteiger partial charge in [-0.05, 0) is 48.9 Å². The normalized spacial score (nSPS) is 10.2. The molecule has 2 aromatic carbocycles. The summed E-state index contributed by atoms with van der Waals surface area (Å²) in [6.45, 7) is 3.19. The van der Waals surface area contributed by atoms with E-state index in [9.17, 15) is 9.59 Å². The number of carbonyl (C=O) groups excluding carboxylic acids is 2. The molecule has 0 unspecified atom stereocenters. The molecule has 0 aliphatic heterocycles. The highest BCUT2D eigenvalue weighted by Gasteiger charge is 2.12. The van der Waals surface area contributed by atoms with E-state index in [0.29, 0.717) is 37.5 Å². The number of rotatable bonds is 10. The van der Waals surface area contributed by atoms with Crippen molar-refractivity contribution < 1.29 is 14.3 Å². The maximum atomic E-state index is 12.6. The minimum Gasteiger partial charge on any atom is -0.494 e. The molecule has 0 aliphatic rings. The summed E-state index contributed by atoms with van der Waals surface area (Å²) in [4.78, 5) is 28.9. The largest absolute Gasteiger partial charge is 0.494 e. The summed E-state index contributed by atoms with van der Waals surface area (Å²) in [6.07, 6.45) is 1.94. The van der Waals surface area contributed by atoms with Gasteiger partial charge in [-0.25, -0.2) is 4.98 Å². The van der Waals surface area contributed by atoms with Crippen molar-refractivity contribution in [2.24, 2.45) is 0 Å². The second-order valence-electron chi connectivity index (χ2n) is 6.75. The Morgan fingerprint density at radius 3 is 2.39 bits per heavy atom. The van der Waals surface area contributed by atoms with Crippen LogP contribution in [0.5, 0.6) is 5.75 Å². The molecule has 160 valence electrons. The number of benzene rings is 2. The topological polar surface area (TPSA) is 92.3 Å². The molecule has 3 aromatic rings. The van der Waals surface area contributed by atoms with Gasteiger partial charge in [0, 0.05) is 25.0 Å². The van der Waals surface area contributed by atoms with Crippen molar-refractivity contribution in [3.05, 3.63) is 84.1 Å². The van der Waals surface area contributed by atoms with Gasteiger partial charge < -0.3 is 20.7 Å². The zero-order valence-electron chi connectivity index (χ0n) is 17.4. The van der Waals surface area contributed by atoms with E-state index in [-0.39, 0.29) is 11.8 Å². The molecule has 1 heterocycles. The van der Waals surface area contributed by atoms with Crippen LogP contribution in [0.3, 0.4) is 0 Å². The van der Waals surface area contributed by atoms with Crippen molar-refractivity contribution in [2.45, 2.75) is 13.3 Å². The molecule has 0 saturated heterocycles. The van der Waals surface area contributed by atoms with Crippen LogP contribution in [0.2, 0.25) is 0 Å². The van der Waals surface area contributed by atoms with Gasteiger partial charge in [-0.1, -0.05) is 30.3 Å². The Bertz CT molecular complexity index is 991. The first-order chi connectivity index (χ1) is 15.2. The molecule has 3 N–H and O–H groups in total. The summed E-state index contributed by atoms with van der Waals surface area (Å²) in [5.74, 6) is 0.886. The van der Waals surface area contributed by atoms with Crippen molar-refractivity contribution in [2.75, 3.05) is 25.0 Å². The minimum absolute atomic E-state index is 0.0836. The van der Waals surface area contributed by atoms with E-state index in [1.807, 2.05) is 61.5 Å². The van der Waals surface area contributed by atoms with Crippen molar-refractivity contribution in [1.29, 1.82) is 0 Å². The van der Waals surface area contributed by atoms with Crippen LogP contribution in [0.1, 0.15) is 22.8 Å². The van der Waals surface area contributed by atoms with Crippen LogP contribution < -0.4 is 20.7 Å². The monoisotopic (exact) mass is 418 g/mol. The van der Waals surface area contributed by atoms with Crippen LogP contribution in [0.4, 0.5) is 11.5 Å². The SMILES string of the molecule is CCOc1ccc(Nc2ncccc2C(=O)NCCNC(=O)Cc2ccccc2)cc1. The number of nitrogens with zero attached hydrogens (tertiary/aromatic N) is 1. The third-order valence-corrected chi connectivity index (χ3v) is 4.42. The Labute approximate surface area is 181 Å². The summed E-state index contributed by atoms with van der Waals surface area (Å²) in [5, 5.41) is 8.79. The third kappa shape index (κ3) is 6.85. The molecule has 3 rings (SSSR count). The first-order valence-electron chi connectivity index (χ1n) is 10.2. The van der Waals surface area contributed by atoms with E-state index in [1.165, 1.54) is 0 Å². The molecule has 0 aliphatic carbocycles. The molecule has 7 nitrogen and oxygen atoms in total. The number of carbonyl (C=O) groups is 2. The van der Waals surface area contributed by atoms with Gasteiger partial charge >= 0.3 is 0 Å². The molecular formula is C24H26N4O3. The van der Waals surface area contributed by atoms with Gasteiger partial charge in [0.1, 0.15) is 11.6 Å². The summed E-state index contributed by atoms with van der Waals surface area (Å²) >= 11 is 0. The average Bonchev–Trinajstić information content (AvgIpc) is 2.79. The fourth-order valence-electron chi connectivity index (χ4n) is 2.94. The van der Waals surface area contributed by atoms with Crippen molar-refractivity contribution >= 4 is 23.3 Å². The van der Waals surface area contributed by atoms with Gasteiger partial charge in [0.15, 0.2) is 0 Å². The molecule has 2 amide bonds. The highest BCUT2D eigenvalue weighted by molar-refractivity contribution is 5.99. The Hall–Kier alpha value is -3.87. The molecule has 0 spiro atoms. The van der Waals surface area contributed by atoms with Gasteiger partial charge in [0.05, 0.1) is 18.6 Å². The fraction of sp³-hybridized carbons (Fsp3) is 0.208. The molecule has 0 saturated carbocycles. The first-order valence-corrected chi connectivity index (χ1v) is 10.2. The molecular weight excluding hydrogens is 392 g/mol. The van der Waals surface area contributed by atoms with E-state index in [2.05, 4.69) is 20.9 Å². The van der Waals surface area contributed by atoms with Gasteiger partial charge in [-0.2, -0.15) is 0 Å². The van der Waals surface area contributed by atoms with E-state index >= 15 is 0 Å². The second-order valence-corrected chi connectivity index (χ2v) is 6.75. The highest BCUT2D eigenvalue weighted by Crippen LogP contribution is 2.21. The Kier molecular flexibility index (Phi) is 7.99. The van der Waals surface area contributed by atoms with Crippen LogP contribution >= 0.6 is 0 Å². The van der Waals surface area contributed by atoms with Crippen LogP contribution in [-0.4, -0.2) is 36.5 Å². The molecule has 31 heavy (non-hydrogen) atoms. The molecule has 0 radical (unpaired) electrons. The maximum Gasteiger partial charge on any atom is 0.255 e. The number of pyridine rings is 1. The van der Waals surface area contributed by atoms with Crippen molar-refractivity contribution in [1.82, 2.24) is 15.6 Å². The fourth-order valence-corrected chi connectivity index (χ4v) is 2.94. The summed E-state index contributed by atoms with van der Waals surface area (Å²) in [7, 11) is 0. The summed E-state index contributed by atoms with van der Waals surface area (Å²) in [6, 6.07) is 20.4. The van der Waals surface area contributed by atoms with E-state index < -0.39 is 0 Å². The Morgan fingerprint density at radius 2 is 1.65 bits per heavy atom. The Morgan fingerprint density at radius 1 is 0.903 bits per heavy atom. The standard InChI is InChI=1S/C24H26N4O3/c1-2-31-20-12-10-19(11-13-20)28-23-21(9-6-14-26-23)24(30)27-16-15-25-22(29)17-18-7-4-3-5-8-18/h3-14H,2,15-17H2,1H3,(H,25,29)(H,26,28)(H,27,30). The lowest BCUT2D eigenvalue weighted by molar-refractivity contribution is -0.120. The predicted octanol–water partition coefficient (Wildman–Crippen LogP) is 3.31. The molecule has 1 aromatic heterocycles. The molecule has 0 bridgehead atoms. The van der Waals surface area contributed by atoms with Gasteiger partial charge in [-0.3, -0.25) is 9.59 Å². The van der Waals surface area contributed by atoms with E-state index in [1.54, 1.807) is 18.3 Å². The number of amides is 2. The van der Waals surface area contributed by atoms with Crippen LogP contribution in [0.25, 0.3) is 0 Å². The summed E-state index contributed by atoms with van der Waals surface area (Å²) < 4.78 is 5.44. The number of aromatic nitrogens is 1. The van der Waals surface area contributed by atoms with E-state index in [0.717, 1.165) is 17.0 Å². The Balaban J connectivity index is 1.49. The smallest absolute Gasteiger partial charge is 0.255 e. The van der Waals surface area contributed by atoms with Crippen LogP contribution in [-0.2, 0) is 11.2 Å². The zero-order valence-corrected chi connectivity index (χ0v) is 17.4. The predicted molar refractivity (Wildman–Crippen MR) is 121 cm³/mol. The van der Waals surface area contributed by atoms with Crippen molar-refractivity contribution in [3.8, 4) is 5.75 Å². The zero-order chi connectivity index (χ0) is 21.9. The molecule has 0 fully saturated rings. The number of hydrogen-bond acceptors (Lipinski definition) is 5. The molecule has 0 atom stereocenters. The summed E-state index contributed by atoms with van der Waals surface area (Å²) in [5.41, 5.74) is 2.17. The lowest BCUT2D eigenvalue weighted by Crippen LogP contribution is -2.35. The lowest BCUT2D eigenvalue weighted by atomic mass is 10.1. The maximum absolute atomic E-state index is 12.6. The number of hydrogen-bond donors (Lipinski definition) is 3. The second kappa shape index (κ2) is 11.3. The van der Waals surface area contributed by atoms with Crippen LogP contribution in [0.15, 0.2) is 72.9 Å². The third-order valence-electron chi connectivity index (χ3n) is 4.42. The lowest BCUT2D eigenvalue weighted by Gasteiger charge is -2.12. The van der Waals surface area contributed by atoms with Crippen LogP contribution in [0, 0.1) is 0 Å². The molecule has 7 heteroatoms. The van der Waals surface area contributed by atoms with Gasteiger partial charge in [0.25, 0.3) is 5.91 Å².